The fraction of sp³-hybridized carbons (Fsp3) is 0.222. The van der Waals surface area contributed by atoms with E-state index in [0.717, 1.165) is 18.4 Å². The van der Waals surface area contributed by atoms with Gasteiger partial charge in [0.2, 0.25) is 0 Å². The first-order chi connectivity index (χ1) is 4.83. The molecule has 0 aromatic heterocycles. The number of hydrogen-bond donors (Lipinski definition) is 0. The lowest BCUT2D eigenvalue weighted by Crippen LogP contribution is -1.82. The van der Waals surface area contributed by atoms with Crippen molar-refractivity contribution in [3.8, 4) is 0 Å². The summed E-state index contributed by atoms with van der Waals surface area (Å²) in [6, 6.07) is 6.54. The smallest absolute Gasteiger partial charge is 0.123 e. The summed E-state index contributed by atoms with van der Waals surface area (Å²) in [7, 11) is 0. The van der Waals surface area contributed by atoms with Gasteiger partial charge in [0.1, 0.15) is 5.82 Å². The van der Waals surface area contributed by atoms with Gasteiger partial charge in [-0.15, -0.1) is 0 Å². The molecule has 0 bridgehead atoms. The molecule has 1 radical (unpaired) electrons. The van der Waals surface area contributed by atoms with Crippen molar-refractivity contribution in [3.05, 3.63) is 42.6 Å². The van der Waals surface area contributed by atoms with E-state index in [-0.39, 0.29) is 5.82 Å². The Balaban J connectivity index is 2.69. The Bertz CT molecular complexity index is 188. The number of halogens is 1. The van der Waals surface area contributed by atoms with Crippen molar-refractivity contribution in [1.29, 1.82) is 0 Å². The Morgan fingerprint density at radius 1 is 1.20 bits per heavy atom. The highest BCUT2D eigenvalue weighted by Crippen LogP contribution is 2.04. The first-order valence-electron chi connectivity index (χ1n) is 3.36. The van der Waals surface area contributed by atoms with Gasteiger partial charge in [-0.1, -0.05) is 19.1 Å². The highest BCUT2D eigenvalue weighted by atomic mass is 19.1. The Hall–Kier alpha value is -0.850. The molecule has 1 heteroatoms. The molecule has 0 aliphatic rings. The van der Waals surface area contributed by atoms with E-state index in [1.165, 1.54) is 12.1 Å². The van der Waals surface area contributed by atoms with Gasteiger partial charge in [-0.3, -0.25) is 0 Å². The van der Waals surface area contributed by atoms with Gasteiger partial charge in [0.15, 0.2) is 0 Å². The van der Waals surface area contributed by atoms with Gasteiger partial charge in [0.25, 0.3) is 0 Å². The number of hydrogen-bond acceptors (Lipinski definition) is 0. The first-order valence-corrected chi connectivity index (χ1v) is 3.36. The largest absolute Gasteiger partial charge is 0.207 e. The average molecular weight is 137 g/mol. The zero-order valence-electron chi connectivity index (χ0n) is 5.81. The van der Waals surface area contributed by atoms with Crippen molar-refractivity contribution in [1.82, 2.24) is 0 Å². The molecular formula is C9H10F. The zero-order valence-corrected chi connectivity index (χ0v) is 5.81. The average Bonchev–Trinajstić information content (AvgIpc) is 1.95. The third-order valence-electron chi connectivity index (χ3n) is 1.38. The summed E-state index contributed by atoms with van der Waals surface area (Å²) in [6.07, 6.45) is 1.80. The molecule has 0 nitrogen and oxygen atoms in total. The maximum atomic E-state index is 12.3. The molecular weight excluding hydrogens is 127 g/mol. The van der Waals surface area contributed by atoms with Crippen molar-refractivity contribution in [2.24, 2.45) is 0 Å². The van der Waals surface area contributed by atoms with E-state index >= 15 is 0 Å². The summed E-state index contributed by atoms with van der Waals surface area (Å²) in [4.78, 5) is 0. The summed E-state index contributed by atoms with van der Waals surface area (Å²) in [5.74, 6) is -0.173. The van der Waals surface area contributed by atoms with Crippen LogP contribution in [-0.2, 0) is 6.42 Å². The molecule has 1 rings (SSSR count). The Morgan fingerprint density at radius 3 is 2.30 bits per heavy atom. The highest BCUT2D eigenvalue weighted by molar-refractivity contribution is 5.15. The number of aryl methyl sites for hydroxylation is 1. The van der Waals surface area contributed by atoms with Crippen LogP contribution in [0, 0.1) is 12.7 Å². The van der Waals surface area contributed by atoms with E-state index in [1.54, 1.807) is 12.1 Å². The molecule has 0 fully saturated rings. The molecule has 1 aromatic rings. The van der Waals surface area contributed by atoms with Crippen LogP contribution in [0.25, 0.3) is 0 Å². The fourth-order valence-electron chi connectivity index (χ4n) is 0.855. The molecule has 53 valence electrons. The molecule has 0 heterocycles. The van der Waals surface area contributed by atoms with Gasteiger partial charge in [-0.05, 0) is 30.5 Å². The normalized spacial score (nSPS) is 9.80. The third kappa shape index (κ3) is 1.83. The van der Waals surface area contributed by atoms with E-state index in [1.807, 2.05) is 0 Å². The summed E-state index contributed by atoms with van der Waals surface area (Å²) in [6.45, 7) is 3.71. The molecule has 0 aliphatic carbocycles. The second-order valence-corrected chi connectivity index (χ2v) is 2.23. The number of rotatable bonds is 2. The predicted octanol–water partition coefficient (Wildman–Crippen LogP) is 2.59. The lowest BCUT2D eigenvalue weighted by Gasteiger charge is -1.95. The predicted molar refractivity (Wildman–Crippen MR) is 40.1 cm³/mol. The van der Waals surface area contributed by atoms with Crippen LogP contribution in [0.4, 0.5) is 4.39 Å². The highest BCUT2D eigenvalue weighted by Gasteiger charge is 1.90. The van der Waals surface area contributed by atoms with E-state index in [0.29, 0.717) is 0 Å². The molecule has 0 saturated heterocycles. The van der Waals surface area contributed by atoms with Crippen LogP contribution in [0.3, 0.4) is 0 Å². The SMILES string of the molecule is [CH2]CCc1ccc(F)cc1. The summed E-state index contributed by atoms with van der Waals surface area (Å²) < 4.78 is 12.3. The molecule has 0 saturated carbocycles. The minimum Gasteiger partial charge on any atom is -0.207 e. The van der Waals surface area contributed by atoms with Gasteiger partial charge >= 0.3 is 0 Å². The van der Waals surface area contributed by atoms with E-state index in [9.17, 15) is 4.39 Å². The van der Waals surface area contributed by atoms with Crippen molar-refractivity contribution in [2.45, 2.75) is 12.8 Å². The summed E-state index contributed by atoms with van der Waals surface area (Å²) in [5, 5.41) is 0. The molecule has 10 heavy (non-hydrogen) atoms. The monoisotopic (exact) mass is 137 g/mol. The number of benzene rings is 1. The first kappa shape index (κ1) is 7.26. The third-order valence-corrected chi connectivity index (χ3v) is 1.38. The Morgan fingerprint density at radius 2 is 1.80 bits per heavy atom. The van der Waals surface area contributed by atoms with Crippen molar-refractivity contribution >= 4 is 0 Å². The lowest BCUT2D eigenvalue weighted by molar-refractivity contribution is 0.627. The van der Waals surface area contributed by atoms with E-state index < -0.39 is 0 Å². The van der Waals surface area contributed by atoms with Gasteiger partial charge < -0.3 is 0 Å². The van der Waals surface area contributed by atoms with E-state index in [2.05, 4.69) is 6.92 Å². The Labute approximate surface area is 60.7 Å². The van der Waals surface area contributed by atoms with E-state index in [4.69, 9.17) is 0 Å². The molecule has 0 amide bonds. The summed E-state index contributed by atoms with van der Waals surface area (Å²) >= 11 is 0. The lowest BCUT2D eigenvalue weighted by atomic mass is 10.1. The second kappa shape index (κ2) is 3.35. The van der Waals surface area contributed by atoms with Crippen molar-refractivity contribution in [3.63, 3.8) is 0 Å². The molecule has 1 aromatic carbocycles. The van der Waals surface area contributed by atoms with Crippen molar-refractivity contribution in [2.75, 3.05) is 0 Å². The molecule has 0 aliphatic heterocycles. The molecule has 0 unspecified atom stereocenters. The fourth-order valence-corrected chi connectivity index (χ4v) is 0.855. The van der Waals surface area contributed by atoms with Gasteiger partial charge in [-0.25, -0.2) is 4.39 Å². The second-order valence-electron chi connectivity index (χ2n) is 2.23. The minimum atomic E-state index is -0.173. The van der Waals surface area contributed by atoms with Crippen LogP contribution in [0.15, 0.2) is 24.3 Å². The summed E-state index contributed by atoms with van der Waals surface area (Å²) in [5.41, 5.74) is 1.15. The maximum Gasteiger partial charge on any atom is 0.123 e. The van der Waals surface area contributed by atoms with Gasteiger partial charge in [-0.2, -0.15) is 0 Å². The Kier molecular flexibility index (Phi) is 2.43. The van der Waals surface area contributed by atoms with Crippen LogP contribution in [0.1, 0.15) is 12.0 Å². The van der Waals surface area contributed by atoms with Crippen molar-refractivity contribution < 1.29 is 4.39 Å². The zero-order chi connectivity index (χ0) is 7.40. The van der Waals surface area contributed by atoms with Crippen LogP contribution in [0.2, 0.25) is 0 Å². The van der Waals surface area contributed by atoms with Crippen LogP contribution in [-0.4, -0.2) is 0 Å². The van der Waals surface area contributed by atoms with Crippen LogP contribution >= 0.6 is 0 Å². The molecule has 0 atom stereocenters. The topological polar surface area (TPSA) is 0 Å². The molecule has 0 spiro atoms. The van der Waals surface area contributed by atoms with Gasteiger partial charge in [0, 0.05) is 0 Å². The van der Waals surface area contributed by atoms with Crippen LogP contribution in [0.5, 0.6) is 0 Å². The quantitative estimate of drug-likeness (QED) is 0.587. The maximum absolute atomic E-state index is 12.3. The van der Waals surface area contributed by atoms with Gasteiger partial charge in [0.05, 0.1) is 0 Å². The molecule has 0 N–H and O–H groups in total. The minimum absolute atomic E-state index is 0.173. The standard InChI is InChI=1S/C9H10F/c1-2-3-8-4-6-9(10)7-5-8/h4-7H,1-3H2. The van der Waals surface area contributed by atoms with Crippen LogP contribution < -0.4 is 0 Å².